The number of carbonyl (C=O) groups excluding carboxylic acids is 3. The topological polar surface area (TPSA) is 97.4 Å². The van der Waals surface area contributed by atoms with Gasteiger partial charge >= 0.3 is 6.09 Å². The Morgan fingerprint density at radius 1 is 1.00 bits per heavy atom. The van der Waals surface area contributed by atoms with Crippen molar-refractivity contribution in [2.24, 2.45) is 0 Å². The average Bonchev–Trinajstić information content (AvgIpc) is 2.88. The predicted octanol–water partition coefficient (Wildman–Crippen LogP) is 3.70. The van der Waals surface area contributed by atoms with E-state index in [1.807, 2.05) is 12.1 Å². The molecule has 3 amide bonds. The van der Waals surface area contributed by atoms with Gasteiger partial charge in [0.2, 0.25) is 0 Å². The van der Waals surface area contributed by atoms with Crippen LogP contribution in [0.5, 0.6) is 11.5 Å². The molecule has 1 fully saturated rings. The molecule has 0 spiro atoms. The molecule has 10 heteroatoms. The molecule has 4 rings (SSSR count). The monoisotopic (exact) mass is 497 g/mol. The summed E-state index contributed by atoms with van der Waals surface area (Å²) in [5.74, 6) is 0.808. The number of nitrogens with one attached hydrogen (secondary N) is 1. The second-order valence-corrected chi connectivity index (χ2v) is 8.95. The molecule has 9 nitrogen and oxygen atoms in total. The number of fused-ring (bicyclic) bond motifs is 1. The van der Waals surface area contributed by atoms with E-state index in [9.17, 15) is 14.4 Å². The molecule has 0 radical (unpaired) electrons. The van der Waals surface area contributed by atoms with Crippen molar-refractivity contribution in [1.29, 1.82) is 0 Å². The van der Waals surface area contributed by atoms with E-state index in [2.05, 4.69) is 5.32 Å². The van der Waals surface area contributed by atoms with Gasteiger partial charge in [-0.05, 0) is 48.9 Å². The first-order valence-corrected chi connectivity index (χ1v) is 12.0. The molecule has 2 aliphatic rings. The van der Waals surface area contributed by atoms with Crippen LogP contribution in [0.4, 0.5) is 10.5 Å². The first kappa shape index (κ1) is 24.5. The van der Waals surface area contributed by atoms with E-state index >= 15 is 0 Å². The minimum absolute atomic E-state index is 0.137. The van der Waals surface area contributed by atoms with Crippen LogP contribution < -0.4 is 14.8 Å². The molecule has 2 aromatic rings. The van der Waals surface area contributed by atoms with Crippen LogP contribution >= 0.6 is 11.8 Å². The van der Waals surface area contributed by atoms with Crippen molar-refractivity contribution in [2.45, 2.75) is 11.8 Å². The van der Waals surface area contributed by atoms with E-state index in [0.29, 0.717) is 60.4 Å². The number of thioether (sulfide) groups is 1. The number of hydrogen-bond donors (Lipinski definition) is 1. The summed E-state index contributed by atoms with van der Waals surface area (Å²) in [6.45, 7) is 3.78. The van der Waals surface area contributed by atoms with Gasteiger partial charge in [0, 0.05) is 36.6 Å². The number of carbonyl (C=O) groups is 3. The highest BCUT2D eigenvalue weighted by Gasteiger charge is 2.27. The third kappa shape index (κ3) is 5.37. The fourth-order valence-corrected chi connectivity index (χ4v) is 4.81. The van der Waals surface area contributed by atoms with E-state index in [-0.39, 0.29) is 17.9 Å². The molecule has 184 valence electrons. The molecule has 0 unspecified atom stereocenters. The van der Waals surface area contributed by atoms with Crippen LogP contribution in [0.25, 0.3) is 6.08 Å². The SMILES string of the molecule is CCOC(=O)N1CCN(C(=O)c2ccc3c(c2)NC(=O)C(=Cc2ccc(OC)c(OC)c2)S3)CC1. The number of piperazine rings is 1. The summed E-state index contributed by atoms with van der Waals surface area (Å²) in [6.07, 6.45) is 1.43. The first-order valence-electron chi connectivity index (χ1n) is 11.2. The molecule has 0 aromatic heterocycles. The van der Waals surface area contributed by atoms with Gasteiger partial charge in [0.1, 0.15) is 0 Å². The van der Waals surface area contributed by atoms with E-state index in [4.69, 9.17) is 14.2 Å². The Balaban J connectivity index is 1.46. The summed E-state index contributed by atoms with van der Waals surface area (Å²) < 4.78 is 15.6. The van der Waals surface area contributed by atoms with E-state index in [1.165, 1.54) is 11.8 Å². The highest BCUT2D eigenvalue weighted by atomic mass is 32.2. The zero-order valence-corrected chi connectivity index (χ0v) is 20.6. The van der Waals surface area contributed by atoms with Crippen LogP contribution in [0.3, 0.4) is 0 Å². The summed E-state index contributed by atoms with van der Waals surface area (Å²) in [5, 5.41) is 2.89. The number of benzene rings is 2. The van der Waals surface area contributed by atoms with Crippen molar-refractivity contribution in [2.75, 3.05) is 52.3 Å². The molecule has 2 aromatic carbocycles. The van der Waals surface area contributed by atoms with Crippen molar-refractivity contribution in [1.82, 2.24) is 9.80 Å². The number of nitrogens with zero attached hydrogens (tertiary/aromatic N) is 2. The molecule has 1 saturated heterocycles. The van der Waals surface area contributed by atoms with E-state index < -0.39 is 0 Å². The van der Waals surface area contributed by atoms with Gasteiger partial charge in [-0.3, -0.25) is 9.59 Å². The number of methoxy groups -OCH3 is 2. The molecular formula is C25H27N3O6S. The zero-order valence-electron chi connectivity index (χ0n) is 19.8. The van der Waals surface area contributed by atoms with Crippen LogP contribution in [0, 0.1) is 0 Å². The van der Waals surface area contributed by atoms with Crippen LogP contribution in [0.1, 0.15) is 22.8 Å². The Morgan fingerprint density at radius 2 is 1.71 bits per heavy atom. The van der Waals surface area contributed by atoms with Crippen molar-refractivity contribution < 1.29 is 28.6 Å². The third-order valence-corrected chi connectivity index (χ3v) is 6.82. The minimum atomic E-state index is -0.356. The van der Waals surface area contributed by atoms with Gasteiger partial charge in [0.05, 0.1) is 31.4 Å². The Kier molecular flexibility index (Phi) is 7.50. The van der Waals surface area contributed by atoms with Crippen LogP contribution in [-0.4, -0.2) is 74.7 Å². The third-order valence-electron chi connectivity index (χ3n) is 5.72. The zero-order chi connectivity index (χ0) is 24.9. The van der Waals surface area contributed by atoms with Crippen LogP contribution in [0.2, 0.25) is 0 Å². The fourth-order valence-electron chi connectivity index (χ4n) is 3.88. The lowest BCUT2D eigenvalue weighted by Gasteiger charge is -2.34. The normalized spacial score (nSPS) is 16.4. The molecule has 0 aliphatic carbocycles. The van der Waals surface area contributed by atoms with Gasteiger partial charge in [-0.25, -0.2) is 4.79 Å². The smallest absolute Gasteiger partial charge is 0.409 e. The standard InChI is InChI=1S/C25H27N3O6S/c1-4-34-25(31)28-11-9-27(10-12-28)24(30)17-6-8-21-18(15-17)26-23(29)22(35-21)14-16-5-7-19(32-2)20(13-16)33-3/h5-8,13-15H,4,9-12H2,1-3H3,(H,26,29). The Morgan fingerprint density at radius 3 is 2.40 bits per heavy atom. The molecule has 0 saturated carbocycles. The largest absolute Gasteiger partial charge is 0.493 e. The Bertz CT molecular complexity index is 1170. The second-order valence-electron chi connectivity index (χ2n) is 7.87. The summed E-state index contributed by atoms with van der Waals surface area (Å²) in [7, 11) is 3.13. The van der Waals surface area contributed by atoms with Gasteiger partial charge in [-0.1, -0.05) is 17.8 Å². The van der Waals surface area contributed by atoms with E-state index in [1.54, 1.807) is 61.3 Å². The van der Waals surface area contributed by atoms with Crippen LogP contribution in [0.15, 0.2) is 46.2 Å². The highest BCUT2D eigenvalue weighted by Crippen LogP contribution is 2.40. The lowest BCUT2D eigenvalue weighted by atomic mass is 10.1. The lowest BCUT2D eigenvalue weighted by molar-refractivity contribution is -0.112. The molecule has 0 atom stereocenters. The summed E-state index contributed by atoms with van der Waals surface area (Å²) in [6, 6.07) is 10.7. The van der Waals surface area contributed by atoms with Crippen molar-refractivity contribution in [3.8, 4) is 11.5 Å². The number of ether oxygens (including phenoxy) is 3. The molecule has 2 heterocycles. The molecule has 2 aliphatic heterocycles. The lowest BCUT2D eigenvalue weighted by Crippen LogP contribution is -2.50. The maximum atomic E-state index is 13.0. The Hall–Kier alpha value is -3.66. The minimum Gasteiger partial charge on any atom is -0.493 e. The van der Waals surface area contributed by atoms with Gasteiger partial charge in [0.25, 0.3) is 11.8 Å². The summed E-state index contributed by atoms with van der Waals surface area (Å²) in [4.78, 5) is 42.4. The number of amides is 3. The molecular weight excluding hydrogens is 470 g/mol. The molecule has 0 bridgehead atoms. The van der Waals surface area contributed by atoms with Crippen molar-refractivity contribution in [3.63, 3.8) is 0 Å². The predicted molar refractivity (Wildman–Crippen MR) is 133 cm³/mol. The number of rotatable bonds is 5. The van der Waals surface area contributed by atoms with Gasteiger partial charge in [-0.15, -0.1) is 0 Å². The Labute approximate surface area is 208 Å². The fraction of sp³-hybridized carbons (Fsp3) is 0.320. The molecule has 1 N–H and O–H groups in total. The summed E-state index contributed by atoms with van der Waals surface area (Å²) in [5.41, 5.74) is 1.89. The van der Waals surface area contributed by atoms with Gasteiger partial charge in [0.15, 0.2) is 11.5 Å². The maximum absolute atomic E-state index is 13.0. The summed E-state index contributed by atoms with van der Waals surface area (Å²) >= 11 is 1.34. The van der Waals surface area contributed by atoms with Gasteiger partial charge in [-0.2, -0.15) is 0 Å². The van der Waals surface area contributed by atoms with Crippen molar-refractivity contribution in [3.05, 3.63) is 52.4 Å². The van der Waals surface area contributed by atoms with Crippen molar-refractivity contribution >= 4 is 41.4 Å². The number of hydrogen-bond acceptors (Lipinski definition) is 7. The average molecular weight is 498 g/mol. The second kappa shape index (κ2) is 10.7. The quantitative estimate of drug-likeness (QED) is 0.629. The maximum Gasteiger partial charge on any atom is 0.409 e. The first-order chi connectivity index (χ1) is 16.9. The van der Waals surface area contributed by atoms with E-state index in [0.717, 1.165) is 10.5 Å². The van der Waals surface area contributed by atoms with Crippen LogP contribution in [-0.2, 0) is 9.53 Å². The highest BCUT2D eigenvalue weighted by molar-refractivity contribution is 8.04. The van der Waals surface area contributed by atoms with Gasteiger partial charge < -0.3 is 29.3 Å². The number of anilines is 1. The molecule has 35 heavy (non-hydrogen) atoms.